The zero-order valence-corrected chi connectivity index (χ0v) is 15.0. The SMILES string of the molecule is COC(=O)OCCC(O)C(NC(=O)OCc1ccccc1)c1ccccc1. The van der Waals surface area contributed by atoms with Gasteiger partial charge < -0.3 is 24.6 Å². The first-order chi connectivity index (χ1) is 13.1. The Morgan fingerprint density at radius 3 is 2.26 bits per heavy atom. The number of carbonyl (C=O) groups excluding carboxylic acids is 2. The highest BCUT2D eigenvalue weighted by Crippen LogP contribution is 2.19. The second-order valence-corrected chi connectivity index (χ2v) is 5.75. The first kappa shape index (κ1) is 20.3. The Hall–Kier alpha value is -3.06. The van der Waals surface area contributed by atoms with Gasteiger partial charge in [0.25, 0.3) is 0 Å². The van der Waals surface area contributed by atoms with Gasteiger partial charge in [-0.15, -0.1) is 0 Å². The molecule has 7 nitrogen and oxygen atoms in total. The van der Waals surface area contributed by atoms with Crippen LogP contribution in [-0.4, -0.2) is 37.2 Å². The molecule has 0 aromatic heterocycles. The van der Waals surface area contributed by atoms with Crippen LogP contribution in [-0.2, 0) is 20.8 Å². The van der Waals surface area contributed by atoms with Gasteiger partial charge in [0.1, 0.15) is 6.61 Å². The van der Waals surface area contributed by atoms with Crippen molar-refractivity contribution in [1.82, 2.24) is 5.32 Å². The molecule has 144 valence electrons. The lowest BCUT2D eigenvalue weighted by Gasteiger charge is -2.24. The van der Waals surface area contributed by atoms with Crippen molar-refractivity contribution in [3.8, 4) is 0 Å². The largest absolute Gasteiger partial charge is 0.507 e. The summed E-state index contributed by atoms with van der Waals surface area (Å²) in [7, 11) is 1.20. The molecule has 0 spiro atoms. The van der Waals surface area contributed by atoms with Gasteiger partial charge in [-0.25, -0.2) is 9.59 Å². The maximum Gasteiger partial charge on any atom is 0.507 e. The Morgan fingerprint density at radius 1 is 1.00 bits per heavy atom. The molecule has 0 heterocycles. The highest BCUT2D eigenvalue weighted by atomic mass is 16.7. The van der Waals surface area contributed by atoms with Gasteiger partial charge >= 0.3 is 12.2 Å². The van der Waals surface area contributed by atoms with Crippen LogP contribution < -0.4 is 5.32 Å². The molecule has 2 aromatic carbocycles. The van der Waals surface area contributed by atoms with Gasteiger partial charge in [0.15, 0.2) is 0 Å². The van der Waals surface area contributed by atoms with Gasteiger partial charge in [0.05, 0.1) is 25.9 Å². The Labute approximate surface area is 157 Å². The molecule has 7 heteroatoms. The fourth-order valence-electron chi connectivity index (χ4n) is 2.44. The summed E-state index contributed by atoms with van der Waals surface area (Å²) in [5.74, 6) is 0. The third-order valence-electron chi connectivity index (χ3n) is 3.83. The molecule has 2 rings (SSSR count). The number of rotatable bonds is 8. The number of methoxy groups -OCH3 is 1. The van der Waals surface area contributed by atoms with E-state index in [1.807, 2.05) is 36.4 Å². The molecule has 2 N–H and O–H groups in total. The quantitative estimate of drug-likeness (QED) is 0.690. The number of ether oxygens (including phenoxy) is 3. The molecule has 1 amide bonds. The van der Waals surface area contributed by atoms with Gasteiger partial charge in [-0.1, -0.05) is 60.7 Å². The number of benzene rings is 2. The summed E-state index contributed by atoms with van der Waals surface area (Å²) in [4.78, 5) is 23.2. The van der Waals surface area contributed by atoms with Crippen molar-refractivity contribution in [2.24, 2.45) is 0 Å². The van der Waals surface area contributed by atoms with Crippen LogP contribution in [0.3, 0.4) is 0 Å². The Balaban J connectivity index is 1.95. The molecule has 0 bridgehead atoms. The minimum absolute atomic E-state index is 0.0437. The maximum absolute atomic E-state index is 12.2. The molecule has 0 fully saturated rings. The molecule has 2 aromatic rings. The van der Waals surface area contributed by atoms with E-state index < -0.39 is 24.4 Å². The average molecular weight is 373 g/mol. The van der Waals surface area contributed by atoms with E-state index in [2.05, 4.69) is 10.1 Å². The summed E-state index contributed by atoms with van der Waals surface area (Å²) in [5, 5.41) is 13.2. The summed E-state index contributed by atoms with van der Waals surface area (Å²) >= 11 is 0. The monoisotopic (exact) mass is 373 g/mol. The predicted octanol–water partition coefficient (Wildman–Crippen LogP) is 3.19. The van der Waals surface area contributed by atoms with Crippen molar-refractivity contribution in [2.75, 3.05) is 13.7 Å². The molecule has 0 aliphatic heterocycles. The second kappa shape index (κ2) is 10.8. The van der Waals surface area contributed by atoms with Crippen LogP contribution in [0.4, 0.5) is 9.59 Å². The van der Waals surface area contributed by atoms with E-state index in [1.54, 1.807) is 24.3 Å². The van der Waals surface area contributed by atoms with E-state index in [4.69, 9.17) is 9.47 Å². The Morgan fingerprint density at radius 2 is 1.63 bits per heavy atom. The lowest BCUT2D eigenvalue weighted by Crippen LogP contribution is -2.37. The van der Waals surface area contributed by atoms with Crippen molar-refractivity contribution in [3.63, 3.8) is 0 Å². The van der Waals surface area contributed by atoms with Crippen LogP contribution in [0.2, 0.25) is 0 Å². The summed E-state index contributed by atoms with van der Waals surface area (Å²) in [6.07, 6.45) is -2.34. The van der Waals surface area contributed by atoms with Crippen molar-refractivity contribution in [3.05, 3.63) is 71.8 Å². The molecular weight excluding hydrogens is 350 g/mol. The normalized spacial score (nSPS) is 12.5. The zero-order valence-electron chi connectivity index (χ0n) is 15.0. The van der Waals surface area contributed by atoms with Crippen LogP contribution in [0.15, 0.2) is 60.7 Å². The number of carbonyl (C=O) groups is 2. The Bertz CT molecular complexity index is 707. The fraction of sp³-hybridized carbons (Fsp3) is 0.300. The van der Waals surface area contributed by atoms with Crippen LogP contribution in [0.25, 0.3) is 0 Å². The van der Waals surface area contributed by atoms with E-state index >= 15 is 0 Å². The van der Waals surface area contributed by atoms with E-state index in [-0.39, 0.29) is 19.6 Å². The number of nitrogens with one attached hydrogen (secondary N) is 1. The lowest BCUT2D eigenvalue weighted by molar-refractivity contribution is 0.0461. The van der Waals surface area contributed by atoms with Crippen LogP contribution >= 0.6 is 0 Å². The molecule has 0 saturated carbocycles. The summed E-state index contributed by atoms with van der Waals surface area (Å²) < 4.78 is 14.4. The van der Waals surface area contributed by atoms with Crippen molar-refractivity contribution in [1.29, 1.82) is 0 Å². The van der Waals surface area contributed by atoms with Gasteiger partial charge in [-0.05, 0) is 11.1 Å². The second-order valence-electron chi connectivity index (χ2n) is 5.75. The summed E-state index contributed by atoms with van der Waals surface area (Å²) in [6, 6.07) is 17.6. The molecule has 0 aliphatic rings. The average Bonchev–Trinajstić information content (AvgIpc) is 2.71. The van der Waals surface area contributed by atoms with E-state index in [0.29, 0.717) is 5.56 Å². The van der Waals surface area contributed by atoms with E-state index in [1.165, 1.54) is 7.11 Å². The minimum Gasteiger partial charge on any atom is -0.445 e. The molecule has 2 unspecified atom stereocenters. The molecule has 27 heavy (non-hydrogen) atoms. The summed E-state index contributed by atoms with van der Waals surface area (Å²) in [5.41, 5.74) is 1.57. The van der Waals surface area contributed by atoms with Crippen LogP contribution in [0.1, 0.15) is 23.6 Å². The van der Waals surface area contributed by atoms with Gasteiger partial charge in [0.2, 0.25) is 0 Å². The molecule has 0 aliphatic carbocycles. The number of hydrogen-bond donors (Lipinski definition) is 2. The van der Waals surface area contributed by atoms with Crippen LogP contribution in [0.5, 0.6) is 0 Å². The number of alkyl carbamates (subject to hydrolysis) is 1. The van der Waals surface area contributed by atoms with Gasteiger partial charge in [0, 0.05) is 6.42 Å². The minimum atomic E-state index is -0.985. The predicted molar refractivity (Wildman–Crippen MR) is 97.9 cm³/mol. The zero-order chi connectivity index (χ0) is 19.5. The topological polar surface area (TPSA) is 94.1 Å². The van der Waals surface area contributed by atoms with E-state index in [9.17, 15) is 14.7 Å². The fourth-order valence-corrected chi connectivity index (χ4v) is 2.44. The lowest BCUT2D eigenvalue weighted by atomic mass is 9.99. The van der Waals surface area contributed by atoms with Crippen molar-refractivity contribution < 1.29 is 28.9 Å². The number of aliphatic hydroxyl groups excluding tert-OH is 1. The van der Waals surface area contributed by atoms with Crippen LogP contribution in [0, 0.1) is 0 Å². The highest BCUT2D eigenvalue weighted by molar-refractivity contribution is 5.68. The number of amides is 1. The number of hydrogen-bond acceptors (Lipinski definition) is 6. The molecule has 0 saturated heterocycles. The molecular formula is C20H23NO6. The standard InChI is InChI=1S/C20H23NO6/c1-25-20(24)26-13-12-17(22)18(16-10-6-3-7-11-16)21-19(23)27-14-15-8-4-2-5-9-15/h2-11,17-18,22H,12-14H2,1H3,(H,21,23). The van der Waals surface area contributed by atoms with Gasteiger partial charge in [-0.3, -0.25) is 0 Å². The highest BCUT2D eigenvalue weighted by Gasteiger charge is 2.24. The smallest absolute Gasteiger partial charge is 0.445 e. The number of aliphatic hydroxyl groups is 1. The molecule has 2 atom stereocenters. The van der Waals surface area contributed by atoms with Crippen molar-refractivity contribution >= 4 is 12.2 Å². The van der Waals surface area contributed by atoms with E-state index in [0.717, 1.165) is 5.56 Å². The van der Waals surface area contributed by atoms with Crippen molar-refractivity contribution in [2.45, 2.75) is 25.2 Å². The third-order valence-corrected chi connectivity index (χ3v) is 3.83. The summed E-state index contributed by atoms with van der Waals surface area (Å²) in [6.45, 7) is 0.0770. The first-order valence-corrected chi connectivity index (χ1v) is 8.51. The first-order valence-electron chi connectivity index (χ1n) is 8.51. The van der Waals surface area contributed by atoms with Gasteiger partial charge in [-0.2, -0.15) is 0 Å². The Kier molecular flexibility index (Phi) is 8.12. The molecule has 0 radical (unpaired) electrons. The maximum atomic E-state index is 12.2. The third kappa shape index (κ3) is 6.99.